The Balaban J connectivity index is 1.62. The van der Waals surface area contributed by atoms with Crippen LogP contribution in [0.4, 0.5) is 22.1 Å². The third-order valence-corrected chi connectivity index (χ3v) is 4.82. The van der Waals surface area contributed by atoms with Gasteiger partial charge in [-0.25, -0.2) is 4.79 Å². The molecule has 0 bridgehead atoms. The molecule has 142 valence electrons. The Kier molecular flexibility index (Phi) is 6.46. The molecular formula is C20H18N4O2S2. The second kappa shape index (κ2) is 9.20. The quantitative estimate of drug-likeness (QED) is 0.303. The highest BCUT2D eigenvalue weighted by Gasteiger charge is 2.16. The summed E-state index contributed by atoms with van der Waals surface area (Å²) < 4.78 is 4.80. The molecule has 0 amide bonds. The molecule has 6 nitrogen and oxygen atoms in total. The van der Waals surface area contributed by atoms with Crippen LogP contribution < -0.4 is 10.6 Å². The number of methoxy groups -OCH3 is 1. The summed E-state index contributed by atoms with van der Waals surface area (Å²) in [5.41, 5.74) is 2.78. The molecule has 2 N–H and O–H groups in total. The predicted octanol–water partition coefficient (Wildman–Crippen LogP) is 6.07. The van der Waals surface area contributed by atoms with Gasteiger partial charge in [0.25, 0.3) is 0 Å². The molecule has 0 aliphatic rings. The maximum Gasteiger partial charge on any atom is 0.340 e. The first-order valence-electron chi connectivity index (χ1n) is 8.39. The molecule has 1 aromatic heterocycles. The molecule has 0 aliphatic carbocycles. The standard InChI is InChI=1S/C20H18N4O2S2/c1-13-12-17(19(25)26-2)18(28-13)22-20(27)21-14-8-10-16(11-9-14)24-23-15-6-4-3-5-7-15/h3-12H,1-2H3,(H2,21,22,27). The average molecular weight is 411 g/mol. The first-order chi connectivity index (χ1) is 13.5. The number of nitrogens with one attached hydrogen (secondary N) is 2. The number of carbonyl (C=O) groups is 1. The van der Waals surface area contributed by atoms with Gasteiger partial charge >= 0.3 is 5.97 Å². The fraction of sp³-hybridized carbons (Fsp3) is 0.100. The lowest BCUT2D eigenvalue weighted by Crippen LogP contribution is -2.19. The number of thiophene rings is 1. The van der Waals surface area contributed by atoms with Crippen LogP contribution in [0.25, 0.3) is 0 Å². The Hall–Kier alpha value is -3.10. The smallest absolute Gasteiger partial charge is 0.340 e. The zero-order valence-electron chi connectivity index (χ0n) is 15.3. The van der Waals surface area contributed by atoms with Crippen LogP contribution in [0.2, 0.25) is 0 Å². The summed E-state index contributed by atoms with van der Waals surface area (Å²) >= 11 is 6.79. The summed E-state index contributed by atoms with van der Waals surface area (Å²) in [5.74, 6) is -0.400. The number of esters is 1. The van der Waals surface area contributed by atoms with Crippen LogP contribution in [0.5, 0.6) is 0 Å². The van der Waals surface area contributed by atoms with Crippen LogP contribution >= 0.6 is 23.6 Å². The monoisotopic (exact) mass is 410 g/mol. The highest BCUT2D eigenvalue weighted by atomic mass is 32.1. The van der Waals surface area contributed by atoms with Crippen molar-refractivity contribution in [3.05, 3.63) is 71.1 Å². The van der Waals surface area contributed by atoms with Gasteiger partial charge in [-0.3, -0.25) is 0 Å². The van der Waals surface area contributed by atoms with Gasteiger partial charge in [0.1, 0.15) is 5.00 Å². The van der Waals surface area contributed by atoms with E-state index in [1.165, 1.54) is 18.4 Å². The minimum Gasteiger partial charge on any atom is -0.465 e. The molecule has 0 saturated heterocycles. The molecule has 0 saturated carbocycles. The summed E-state index contributed by atoms with van der Waals surface area (Å²) in [5, 5.41) is 15.6. The number of hydrogen-bond donors (Lipinski definition) is 2. The Morgan fingerprint density at radius 3 is 2.29 bits per heavy atom. The summed E-state index contributed by atoms with van der Waals surface area (Å²) in [4.78, 5) is 12.8. The van der Waals surface area contributed by atoms with Crippen LogP contribution in [0, 0.1) is 6.92 Å². The summed E-state index contributed by atoms with van der Waals surface area (Å²) in [6.45, 7) is 1.92. The molecule has 3 rings (SSSR count). The molecule has 0 aliphatic heterocycles. The molecule has 0 radical (unpaired) electrons. The van der Waals surface area contributed by atoms with Crippen LogP contribution in [0.15, 0.2) is 70.9 Å². The van der Waals surface area contributed by atoms with E-state index >= 15 is 0 Å². The first kappa shape index (κ1) is 19.7. The zero-order chi connectivity index (χ0) is 19.9. The molecule has 0 unspecified atom stereocenters. The summed E-state index contributed by atoms with van der Waals surface area (Å²) in [6.07, 6.45) is 0. The maximum atomic E-state index is 11.9. The van der Waals surface area contributed by atoms with Crippen LogP contribution in [-0.4, -0.2) is 18.2 Å². The summed E-state index contributed by atoms with van der Waals surface area (Å²) in [7, 11) is 1.35. The van der Waals surface area contributed by atoms with Gasteiger partial charge in [0.15, 0.2) is 5.11 Å². The second-order valence-corrected chi connectivity index (χ2v) is 7.42. The van der Waals surface area contributed by atoms with Crippen molar-refractivity contribution in [3.8, 4) is 0 Å². The fourth-order valence-electron chi connectivity index (χ4n) is 2.36. The minimum atomic E-state index is -0.400. The van der Waals surface area contributed by atoms with Crippen molar-refractivity contribution in [1.82, 2.24) is 0 Å². The average Bonchev–Trinajstić information content (AvgIpc) is 3.07. The van der Waals surface area contributed by atoms with Crippen molar-refractivity contribution in [2.24, 2.45) is 10.2 Å². The lowest BCUT2D eigenvalue weighted by Gasteiger charge is -2.10. The molecule has 2 aromatic carbocycles. The lowest BCUT2D eigenvalue weighted by atomic mass is 10.3. The van der Waals surface area contributed by atoms with E-state index in [-0.39, 0.29) is 0 Å². The number of carbonyl (C=O) groups excluding carboxylic acids is 1. The van der Waals surface area contributed by atoms with E-state index in [1.54, 1.807) is 6.07 Å². The molecular weight excluding hydrogens is 392 g/mol. The van der Waals surface area contributed by atoms with Gasteiger partial charge in [-0.15, -0.1) is 11.3 Å². The van der Waals surface area contributed by atoms with Crippen LogP contribution in [-0.2, 0) is 4.74 Å². The minimum absolute atomic E-state index is 0.380. The Labute approximate surface area is 172 Å². The van der Waals surface area contributed by atoms with Crippen LogP contribution in [0.1, 0.15) is 15.2 Å². The van der Waals surface area contributed by atoms with Gasteiger partial charge < -0.3 is 15.4 Å². The number of nitrogens with zero attached hydrogens (tertiary/aromatic N) is 2. The SMILES string of the molecule is COC(=O)c1cc(C)sc1NC(=S)Nc1ccc(N=Nc2ccccc2)cc1. The van der Waals surface area contributed by atoms with Crippen molar-refractivity contribution in [2.45, 2.75) is 6.92 Å². The van der Waals surface area contributed by atoms with Gasteiger partial charge in [-0.1, -0.05) is 18.2 Å². The normalized spacial score (nSPS) is 10.6. The van der Waals surface area contributed by atoms with Gasteiger partial charge in [0, 0.05) is 10.6 Å². The molecule has 8 heteroatoms. The number of hydrogen-bond acceptors (Lipinski definition) is 6. The molecule has 0 atom stereocenters. The Morgan fingerprint density at radius 2 is 1.64 bits per heavy atom. The number of anilines is 2. The Bertz CT molecular complexity index is 999. The van der Waals surface area contributed by atoms with E-state index in [1.807, 2.05) is 61.5 Å². The van der Waals surface area contributed by atoms with E-state index in [9.17, 15) is 4.79 Å². The molecule has 1 heterocycles. The van der Waals surface area contributed by atoms with Gasteiger partial charge in [-0.2, -0.15) is 10.2 Å². The zero-order valence-corrected chi connectivity index (χ0v) is 16.9. The number of rotatable bonds is 5. The molecule has 28 heavy (non-hydrogen) atoms. The van der Waals surface area contributed by atoms with E-state index in [0.29, 0.717) is 15.7 Å². The summed E-state index contributed by atoms with van der Waals surface area (Å²) in [6, 6.07) is 18.7. The van der Waals surface area contributed by atoms with E-state index in [2.05, 4.69) is 20.9 Å². The highest BCUT2D eigenvalue weighted by Crippen LogP contribution is 2.28. The van der Waals surface area contributed by atoms with Crippen molar-refractivity contribution in [2.75, 3.05) is 17.7 Å². The highest BCUT2D eigenvalue weighted by molar-refractivity contribution is 7.80. The number of thiocarbonyl (C=S) groups is 1. The number of aryl methyl sites for hydroxylation is 1. The molecule has 0 fully saturated rings. The van der Waals surface area contributed by atoms with Gasteiger partial charge in [-0.05, 0) is 61.6 Å². The molecule has 3 aromatic rings. The van der Waals surface area contributed by atoms with E-state index in [0.717, 1.165) is 21.9 Å². The van der Waals surface area contributed by atoms with Crippen molar-refractivity contribution in [3.63, 3.8) is 0 Å². The number of benzene rings is 2. The van der Waals surface area contributed by atoms with E-state index in [4.69, 9.17) is 17.0 Å². The predicted molar refractivity (Wildman–Crippen MR) is 117 cm³/mol. The third kappa shape index (κ3) is 5.21. The third-order valence-electron chi connectivity index (χ3n) is 3.65. The van der Waals surface area contributed by atoms with Gasteiger partial charge in [0.2, 0.25) is 0 Å². The van der Waals surface area contributed by atoms with Crippen LogP contribution in [0.3, 0.4) is 0 Å². The molecule has 0 spiro atoms. The van der Waals surface area contributed by atoms with Crippen molar-refractivity contribution < 1.29 is 9.53 Å². The number of azo groups is 1. The van der Waals surface area contributed by atoms with Crippen molar-refractivity contribution in [1.29, 1.82) is 0 Å². The first-order valence-corrected chi connectivity index (χ1v) is 9.61. The Morgan fingerprint density at radius 1 is 1.00 bits per heavy atom. The maximum absolute atomic E-state index is 11.9. The largest absolute Gasteiger partial charge is 0.465 e. The van der Waals surface area contributed by atoms with Crippen molar-refractivity contribution >= 4 is 56.7 Å². The fourth-order valence-corrected chi connectivity index (χ4v) is 3.54. The topological polar surface area (TPSA) is 75.1 Å². The number of ether oxygens (including phenoxy) is 1. The second-order valence-electron chi connectivity index (χ2n) is 5.75. The lowest BCUT2D eigenvalue weighted by molar-refractivity contribution is 0.0602. The van der Waals surface area contributed by atoms with Gasteiger partial charge in [0.05, 0.1) is 24.0 Å². The van der Waals surface area contributed by atoms with E-state index < -0.39 is 5.97 Å².